The van der Waals surface area contributed by atoms with E-state index in [0.717, 1.165) is 30.5 Å². The van der Waals surface area contributed by atoms with E-state index in [4.69, 9.17) is 14.1 Å². The van der Waals surface area contributed by atoms with Crippen LogP contribution in [0.3, 0.4) is 0 Å². The summed E-state index contributed by atoms with van der Waals surface area (Å²) in [7, 11) is -2.49. The van der Waals surface area contributed by atoms with Crippen molar-refractivity contribution in [3.05, 3.63) is 60.1 Å². The van der Waals surface area contributed by atoms with Crippen LogP contribution in [0.4, 0.5) is 10.1 Å². The molecule has 3 heterocycles. The largest absolute Gasteiger partial charge is 0.440 e. The molecule has 3 aliphatic rings. The number of carbonyl (C=O) groups is 1. The summed E-state index contributed by atoms with van der Waals surface area (Å²) in [6.07, 6.45) is 3.23. The lowest BCUT2D eigenvalue weighted by atomic mass is 9.76. The maximum Gasteiger partial charge on any atom is 0.226 e. The highest BCUT2D eigenvalue weighted by Gasteiger charge is 2.44. The van der Waals surface area contributed by atoms with Gasteiger partial charge in [-0.2, -0.15) is 15.9 Å². The SMILES string of the molecule is N#CC1(NC(=O)[C@@H]2CCCC[C@H]2c2oc(-c3ccc(F)cc3)nc2-c2ccc(N3CCS(O)(O)CC3)cc2)COC1. The summed E-state index contributed by atoms with van der Waals surface area (Å²) in [5, 5.41) is 12.6. The maximum absolute atomic E-state index is 13.7. The van der Waals surface area contributed by atoms with Crippen LogP contribution in [0.1, 0.15) is 37.4 Å². The minimum Gasteiger partial charge on any atom is -0.440 e. The number of nitrogens with zero attached hydrogens (tertiary/aromatic N) is 3. The van der Waals surface area contributed by atoms with Gasteiger partial charge in [0.15, 0.2) is 5.54 Å². The molecule has 2 aliphatic heterocycles. The van der Waals surface area contributed by atoms with Gasteiger partial charge in [-0.15, -0.1) is 0 Å². The first-order chi connectivity index (χ1) is 19.8. The zero-order chi connectivity index (χ0) is 28.6. The van der Waals surface area contributed by atoms with Crippen LogP contribution >= 0.6 is 10.6 Å². The molecule has 41 heavy (non-hydrogen) atoms. The van der Waals surface area contributed by atoms with E-state index in [0.29, 0.717) is 53.9 Å². The molecule has 1 aromatic heterocycles. The number of benzene rings is 2. The number of amides is 1. The van der Waals surface area contributed by atoms with Gasteiger partial charge in [-0.05, 0) is 49.2 Å². The van der Waals surface area contributed by atoms with Crippen molar-refractivity contribution in [3.63, 3.8) is 0 Å². The fourth-order valence-corrected chi connectivity index (χ4v) is 7.11. The van der Waals surface area contributed by atoms with Gasteiger partial charge in [-0.25, -0.2) is 9.37 Å². The molecular weight excluding hydrogens is 547 g/mol. The number of halogens is 1. The lowest BCUT2D eigenvalue weighted by Crippen LogP contribution is -2.62. The van der Waals surface area contributed by atoms with Crippen molar-refractivity contribution >= 4 is 22.2 Å². The second kappa shape index (κ2) is 11.1. The fraction of sp³-hybridized carbons (Fsp3) is 0.433. The summed E-state index contributed by atoms with van der Waals surface area (Å²) in [4.78, 5) is 20.5. The van der Waals surface area contributed by atoms with Crippen molar-refractivity contribution in [3.8, 4) is 28.8 Å². The Bertz CT molecular complexity index is 1440. The van der Waals surface area contributed by atoms with Crippen LogP contribution in [0.15, 0.2) is 52.9 Å². The first-order valence-electron chi connectivity index (χ1n) is 13.9. The topological polar surface area (TPSA) is 132 Å². The predicted molar refractivity (Wildman–Crippen MR) is 154 cm³/mol. The van der Waals surface area contributed by atoms with E-state index in [1.807, 2.05) is 24.3 Å². The predicted octanol–water partition coefficient (Wildman–Crippen LogP) is 5.40. The highest BCUT2D eigenvalue weighted by Crippen LogP contribution is 2.45. The fourth-order valence-electron chi connectivity index (χ4n) is 5.88. The monoisotopic (exact) mass is 580 g/mol. The second-order valence-electron chi connectivity index (χ2n) is 11.2. The Morgan fingerprint density at radius 3 is 2.34 bits per heavy atom. The molecule has 216 valence electrons. The molecule has 2 saturated heterocycles. The van der Waals surface area contributed by atoms with Crippen molar-refractivity contribution in [2.24, 2.45) is 5.92 Å². The van der Waals surface area contributed by atoms with Gasteiger partial charge < -0.3 is 19.4 Å². The number of rotatable bonds is 6. The van der Waals surface area contributed by atoms with Gasteiger partial charge in [0.05, 0.1) is 30.8 Å². The third-order valence-electron chi connectivity index (χ3n) is 8.34. The number of nitriles is 1. The number of ether oxygens (including phenoxy) is 1. The van der Waals surface area contributed by atoms with E-state index >= 15 is 0 Å². The van der Waals surface area contributed by atoms with Crippen molar-refractivity contribution in [2.75, 3.05) is 42.7 Å². The number of carbonyl (C=O) groups excluding carboxylic acids is 1. The third kappa shape index (κ3) is 5.70. The van der Waals surface area contributed by atoms with Gasteiger partial charge in [0.25, 0.3) is 0 Å². The molecule has 0 bridgehead atoms. The Morgan fingerprint density at radius 1 is 1.05 bits per heavy atom. The Morgan fingerprint density at radius 2 is 1.71 bits per heavy atom. The van der Waals surface area contributed by atoms with E-state index in [2.05, 4.69) is 16.3 Å². The minimum atomic E-state index is -2.49. The Hall–Kier alpha value is -3.43. The molecule has 3 N–H and O–H groups in total. The molecule has 2 aromatic carbocycles. The third-order valence-corrected chi connectivity index (χ3v) is 10.0. The molecule has 6 rings (SSSR count). The van der Waals surface area contributed by atoms with E-state index in [1.54, 1.807) is 12.1 Å². The van der Waals surface area contributed by atoms with E-state index in [9.17, 15) is 23.6 Å². The standard InChI is InChI=1S/C30H33FN4O5S/c31-22-9-5-21(6-10-22)29-33-26(20-7-11-23(12-8-20)35-13-15-41(37,38)16-14-35)27(40-29)24-3-1-2-4-25(24)28(36)34-30(17-32)18-39-19-30/h5-12,24-25,37-38H,1-4,13-16,18-19H2,(H,34,36)/t24-,25-/m1/s1. The smallest absolute Gasteiger partial charge is 0.226 e. The zero-order valence-corrected chi connectivity index (χ0v) is 23.4. The summed E-state index contributed by atoms with van der Waals surface area (Å²) in [6.45, 7) is 1.49. The molecular formula is C30H33FN4O5S. The molecule has 0 unspecified atom stereocenters. The van der Waals surface area contributed by atoms with Crippen LogP contribution in [0.25, 0.3) is 22.7 Å². The quantitative estimate of drug-likeness (QED) is 0.353. The molecule has 11 heteroatoms. The number of hydrogen-bond acceptors (Lipinski definition) is 8. The number of hydrogen-bond donors (Lipinski definition) is 3. The molecule has 1 aliphatic carbocycles. The van der Waals surface area contributed by atoms with Crippen molar-refractivity contribution < 1.29 is 27.4 Å². The number of oxazole rings is 1. The normalized spacial score (nSPS) is 24.1. The second-order valence-corrected chi connectivity index (χ2v) is 13.6. The number of aromatic nitrogens is 1. The van der Waals surface area contributed by atoms with E-state index in [1.165, 1.54) is 12.1 Å². The summed E-state index contributed by atoms with van der Waals surface area (Å²) < 4.78 is 45.2. The van der Waals surface area contributed by atoms with Crippen LogP contribution < -0.4 is 10.2 Å². The van der Waals surface area contributed by atoms with Gasteiger partial charge in [0.2, 0.25) is 11.8 Å². The maximum atomic E-state index is 13.7. The molecule has 1 saturated carbocycles. The van der Waals surface area contributed by atoms with Gasteiger partial charge in [-0.1, -0.05) is 25.0 Å². The molecule has 0 spiro atoms. The van der Waals surface area contributed by atoms with Gasteiger partial charge in [0.1, 0.15) is 17.3 Å². The first kappa shape index (κ1) is 27.7. The van der Waals surface area contributed by atoms with Crippen LogP contribution in [0.5, 0.6) is 0 Å². The molecule has 3 aromatic rings. The van der Waals surface area contributed by atoms with Gasteiger partial charge >= 0.3 is 0 Å². The summed E-state index contributed by atoms with van der Waals surface area (Å²) in [5.74, 6) is 0.494. The van der Waals surface area contributed by atoms with E-state index < -0.39 is 22.0 Å². The molecule has 0 radical (unpaired) electrons. The Labute approximate surface area is 239 Å². The van der Waals surface area contributed by atoms with Crippen molar-refractivity contribution in [1.29, 1.82) is 5.26 Å². The molecule has 1 amide bonds. The minimum absolute atomic E-state index is 0.178. The lowest BCUT2D eigenvalue weighted by Gasteiger charge is -2.41. The average molecular weight is 581 g/mol. The molecule has 3 fully saturated rings. The Kier molecular flexibility index (Phi) is 7.50. The summed E-state index contributed by atoms with van der Waals surface area (Å²) >= 11 is 0. The van der Waals surface area contributed by atoms with Crippen LogP contribution in [0, 0.1) is 23.1 Å². The number of anilines is 1. The highest BCUT2D eigenvalue weighted by molar-refractivity contribution is 8.24. The van der Waals surface area contributed by atoms with Crippen molar-refractivity contribution in [1.82, 2.24) is 10.3 Å². The van der Waals surface area contributed by atoms with Gasteiger partial charge in [-0.3, -0.25) is 13.9 Å². The van der Waals surface area contributed by atoms with Crippen molar-refractivity contribution in [2.45, 2.75) is 37.1 Å². The van der Waals surface area contributed by atoms with Gasteiger partial charge in [0, 0.05) is 41.7 Å². The van der Waals surface area contributed by atoms with Crippen LogP contribution in [-0.2, 0) is 9.53 Å². The molecule has 9 nitrogen and oxygen atoms in total. The van der Waals surface area contributed by atoms with Crippen LogP contribution in [-0.4, -0.2) is 63.3 Å². The average Bonchev–Trinajstić information content (AvgIpc) is 3.41. The molecule has 2 atom stereocenters. The Balaban J connectivity index is 1.33. The first-order valence-corrected chi connectivity index (χ1v) is 15.8. The highest BCUT2D eigenvalue weighted by atomic mass is 32.3. The summed E-state index contributed by atoms with van der Waals surface area (Å²) in [6, 6.07) is 16.1. The van der Waals surface area contributed by atoms with E-state index in [-0.39, 0.29) is 30.9 Å². The van der Waals surface area contributed by atoms with Crippen LogP contribution in [0.2, 0.25) is 0 Å². The zero-order valence-electron chi connectivity index (χ0n) is 22.6. The number of nitrogens with one attached hydrogen (secondary N) is 1. The summed E-state index contributed by atoms with van der Waals surface area (Å²) in [5.41, 5.74) is 2.09. The lowest BCUT2D eigenvalue weighted by molar-refractivity contribution is -0.134.